The predicted octanol–water partition coefficient (Wildman–Crippen LogP) is 4.25. The number of benzene rings is 1. The molecule has 1 N–H and O–H groups in total. The number of carbonyl (C=O) groups is 1. The van der Waals surface area contributed by atoms with Crippen LogP contribution in [0.25, 0.3) is 16.2 Å². The van der Waals surface area contributed by atoms with Crippen molar-refractivity contribution in [2.45, 2.75) is 32.7 Å². The summed E-state index contributed by atoms with van der Waals surface area (Å²) >= 11 is 3.15. The zero-order chi connectivity index (χ0) is 20.7. The van der Waals surface area contributed by atoms with Gasteiger partial charge in [-0.2, -0.15) is 0 Å². The molecule has 0 fully saturated rings. The van der Waals surface area contributed by atoms with Crippen LogP contribution in [0.5, 0.6) is 0 Å². The summed E-state index contributed by atoms with van der Waals surface area (Å²) in [7, 11) is 2.11. The third kappa shape index (κ3) is 3.78. The van der Waals surface area contributed by atoms with Crippen LogP contribution in [0.4, 0.5) is 5.13 Å². The SMILES string of the molecule is CCc1ccc(-c2cn3c(CC(=O)Nc4nc5c(s4)CN(C)CC5)csc3n2)cc1. The molecule has 1 amide bonds. The number of amides is 1. The van der Waals surface area contributed by atoms with Gasteiger partial charge in [-0.25, -0.2) is 9.97 Å². The van der Waals surface area contributed by atoms with Crippen LogP contribution in [0.2, 0.25) is 0 Å². The van der Waals surface area contributed by atoms with Gasteiger partial charge in [-0.15, -0.1) is 22.7 Å². The molecule has 0 saturated heterocycles. The van der Waals surface area contributed by atoms with Crippen molar-refractivity contribution >= 4 is 38.7 Å². The number of imidazole rings is 1. The average Bonchev–Trinajstić information content (AvgIpc) is 3.43. The van der Waals surface area contributed by atoms with Gasteiger partial charge in [0.05, 0.1) is 17.8 Å². The lowest BCUT2D eigenvalue weighted by Crippen LogP contribution is -2.25. The number of hydrogen-bond acceptors (Lipinski definition) is 6. The van der Waals surface area contributed by atoms with Crippen LogP contribution in [-0.4, -0.2) is 38.8 Å². The molecule has 8 heteroatoms. The van der Waals surface area contributed by atoms with Crippen LogP contribution in [0.15, 0.2) is 35.8 Å². The van der Waals surface area contributed by atoms with Gasteiger partial charge in [0, 0.05) is 47.2 Å². The fourth-order valence-corrected chi connectivity index (χ4v) is 5.69. The van der Waals surface area contributed by atoms with Gasteiger partial charge < -0.3 is 10.2 Å². The lowest BCUT2D eigenvalue weighted by Gasteiger charge is -2.20. The highest BCUT2D eigenvalue weighted by Gasteiger charge is 2.20. The summed E-state index contributed by atoms with van der Waals surface area (Å²) in [6.07, 6.45) is 4.29. The first-order valence-corrected chi connectivity index (χ1v) is 11.8. The molecule has 0 atom stereocenters. The summed E-state index contributed by atoms with van der Waals surface area (Å²) in [5.74, 6) is -0.0447. The van der Waals surface area contributed by atoms with Gasteiger partial charge in [-0.05, 0) is 19.0 Å². The first kappa shape index (κ1) is 19.4. The molecule has 0 spiro atoms. The summed E-state index contributed by atoms with van der Waals surface area (Å²) in [5.41, 5.74) is 5.41. The second-order valence-electron chi connectivity index (χ2n) is 7.66. The fourth-order valence-electron chi connectivity index (χ4n) is 3.71. The standard InChI is InChI=1S/C22H23N5OS2/c1-3-14-4-6-15(7-5-14)18-11-27-16(13-29-22(27)24-18)10-20(28)25-21-23-17-8-9-26(2)12-19(17)30-21/h4-7,11,13H,3,8-10,12H2,1-2H3,(H,23,25,28). The fraction of sp³-hybridized carbons (Fsp3) is 0.318. The molecule has 1 aliphatic rings. The van der Waals surface area contributed by atoms with Crippen LogP contribution in [-0.2, 0) is 30.6 Å². The minimum Gasteiger partial charge on any atom is -0.302 e. The maximum absolute atomic E-state index is 12.7. The summed E-state index contributed by atoms with van der Waals surface area (Å²) in [5, 5.41) is 5.70. The Bertz CT molecular complexity index is 1200. The smallest absolute Gasteiger partial charge is 0.232 e. The van der Waals surface area contributed by atoms with E-state index in [0.717, 1.165) is 53.5 Å². The van der Waals surface area contributed by atoms with E-state index in [0.29, 0.717) is 11.6 Å². The second kappa shape index (κ2) is 7.94. The zero-order valence-corrected chi connectivity index (χ0v) is 18.6. The molecule has 30 heavy (non-hydrogen) atoms. The van der Waals surface area contributed by atoms with E-state index in [1.165, 1.54) is 10.4 Å². The molecule has 4 aromatic rings. The van der Waals surface area contributed by atoms with Crippen LogP contribution >= 0.6 is 22.7 Å². The molecule has 6 nitrogen and oxygen atoms in total. The van der Waals surface area contributed by atoms with Crippen molar-refractivity contribution in [2.75, 3.05) is 18.9 Å². The van der Waals surface area contributed by atoms with Gasteiger partial charge in [0.25, 0.3) is 0 Å². The zero-order valence-electron chi connectivity index (χ0n) is 17.0. The monoisotopic (exact) mass is 437 g/mol. The Hall–Kier alpha value is -2.55. The van der Waals surface area contributed by atoms with Gasteiger partial charge in [0.1, 0.15) is 0 Å². The molecule has 0 unspecified atom stereocenters. The number of carbonyl (C=O) groups excluding carboxylic acids is 1. The molecule has 4 heterocycles. The molecule has 5 rings (SSSR count). The van der Waals surface area contributed by atoms with E-state index in [1.807, 2.05) is 16.0 Å². The molecule has 3 aromatic heterocycles. The number of likely N-dealkylation sites (N-methyl/N-ethyl adjacent to an activating group) is 1. The maximum atomic E-state index is 12.7. The number of nitrogens with zero attached hydrogens (tertiary/aromatic N) is 4. The summed E-state index contributed by atoms with van der Waals surface area (Å²) < 4.78 is 2.02. The largest absolute Gasteiger partial charge is 0.302 e. The van der Waals surface area contributed by atoms with Crippen LogP contribution in [0, 0.1) is 0 Å². The van der Waals surface area contributed by atoms with Gasteiger partial charge in [-0.3, -0.25) is 9.20 Å². The topological polar surface area (TPSA) is 62.5 Å². The number of aryl methyl sites for hydroxylation is 1. The summed E-state index contributed by atoms with van der Waals surface area (Å²) in [6.45, 7) is 4.07. The molecular weight excluding hydrogens is 414 g/mol. The third-order valence-corrected chi connectivity index (χ3v) is 7.34. The second-order valence-corrected chi connectivity index (χ2v) is 9.58. The molecule has 1 aliphatic heterocycles. The number of anilines is 1. The number of rotatable bonds is 5. The predicted molar refractivity (Wildman–Crippen MR) is 122 cm³/mol. The minimum atomic E-state index is -0.0447. The van der Waals surface area contributed by atoms with Crippen molar-refractivity contribution in [3.8, 4) is 11.3 Å². The highest BCUT2D eigenvalue weighted by atomic mass is 32.1. The van der Waals surface area contributed by atoms with Crippen LogP contribution in [0.3, 0.4) is 0 Å². The summed E-state index contributed by atoms with van der Waals surface area (Å²) in [4.78, 5) is 26.5. The number of thiazole rings is 2. The Morgan fingerprint density at radius 1 is 1.23 bits per heavy atom. The summed E-state index contributed by atoms with van der Waals surface area (Å²) in [6, 6.07) is 8.50. The van der Waals surface area contributed by atoms with E-state index >= 15 is 0 Å². The lowest BCUT2D eigenvalue weighted by molar-refractivity contribution is -0.115. The van der Waals surface area contributed by atoms with Crippen molar-refractivity contribution in [1.82, 2.24) is 19.3 Å². The Kier molecular flexibility index (Phi) is 5.14. The molecule has 0 bridgehead atoms. The van der Waals surface area contributed by atoms with E-state index < -0.39 is 0 Å². The Morgan fingerprint density at radius 3 is 2.87 bits per heavy atom. The highest BCUT2D eigenvalue weighted by molar-refractivity contribution is 7.16. The molecule has 1 aromatic carbocycles. The van der Waals surface area contributed by atoms with Crippen molar-refractivity contribution < 1.29 is 4.79 Å². The van der Waals surface area contributed by atoms with Gasteiger partial charge in [0.15, 0.2) is 10.1 Å². The Labute approximate surface area is 183 Å². The highest BCUT2D eigenvalue weighted by Crippen LogP contribution is 2.28. The molecule has 154 valence electrons. The van der Waals surface area contributed by atoms with E-state index in [1.54, 1.807) is 22.7 Å². The van der Waals surface area contributed by atoms with Crippen molar-refractivity contribution in [3.05, 3.63) is 57.7 Å². The maximum Gasteiger partial charge on any atom is 0.232 e. The van der Waals surface area contributed by atoms with E-state index in [9.17, 15) is 4.79 Å². The van der Waals surface area contributed by atoms with Gasteiger partial charge >= 0.3 is 0 Å². The van der Waals surface area contributed by atoms with Gasteiger partial charge in [-0.1, -0.05) is 31.2 Å². The molecule has 0 radical (unpaired) electrons. The number of fused-ring (bicyclic) bond motifs is 2. The number of nitrogens with one attached hydrogen (secondary N) is 1. The first-order valence-electron chi connectivity index (χ1n) is 10.1. The van der Waals surface area contributed by atoms with E-state index in [-0.39, 0.29) is 5.91 Å². The normalized spacial score (nSPS) is 14.2. The number of hydrogen-bond donors (Lipinski definition) is 1. The molecule has 0 saturated carbocycles. The van der Waals surface area contributed by atoms with Gasteiger partial charge in [0.2, 0.25) is 5.91 Å². The van der Waals surface area contributed by atoms with Crippen molar-refractivity contribution in [1.29, 1.82) is 0 Å². The van der Waals surface area contributed by atoms with Crippen molar-refractivity contribution in [3.63, 3.8) is 0 Å². The minimum absolute atomic E-state index is 0.0447. The quantitative estimate of drug-likeness (QED) is 0.507. The van der Waals surface area contributed by atoms with E-state index in [4.69, 9.17) is 4.98 Å². The molecule has 0 aliphatic carbocycles. The Balaban J connectivity index is 1.31. The Morgan fingerprint density at radius 2 is 2.07 bits per heavy atom. The first-order chi connectivity index (χ1) is 14.6. The average molecular weight is 438 g/mol. The van der Waals surface area contributed by atoms with Crippen molar-refractivity contribution in [2.24, 2.45) is 0 Å². The number of aromatic nitrogens is 3. The lowest BCUT2D eigenvalue weighted by atomic mass is 10.1. The van der Waals surface area contributed by atoms with E-state index in [2.05, 4.69) is 53.4 Å². The van der Waals surface area contributed by atoms with Crippen LogP contribution in [0.1, 0.15) is 28.8 Å². The molecular formula is C22H23N5OS2. The third-order valence-electron chi connectivity index (χ3n) is 5.45. The van der Waals surface area contributed by atoms with Crippen LogP contribution < -0.4 is 5.32 Å².